The molecule has 0 unspecified atom stereocenters. The standard InChI is InChI=1S/C12H10I.4C2H6.CH4/c1-3-7-11(8-4-1)13-12-9-5-2-6-10-12;4*1-2;/h1-10H;4*1-2H3;1H4/q+1;;;;;. The molecule has 0 radical (unpaired) electrons. The third-order valence-electron chi connectivity index (χ3n) is 1.68. The van der Waals surface area contributed by atoms with Gasteiger partial charge in [-0.15, -0.1) is 0 Å². The lowest BCUT2D eigenvalue weighted by atomic mass is 10.4. The van der Waals surface area contributed by atoms with E-state index in [4.69, 9.17) is 0 Å². The molecule has 0 bridgehead atoms. The Morgan fingerprint density at radius 2 is 0.682 bits per heavy atom. The van der Waals surface area contributed by atoms with Gasteiger partial charge in [-0.3, -0.25) is 0 Å². The monoisotopic (exact) mass is 417 g/mol. The van der Waals surface area contributed by atoms with Gasteiger partial charge in [0.1, 0.15) is 0 Å². The van der Waals surface area contributed by atoms with Gasteiger partial charge < -0.3 is 0 Å². The van der Waals surface area contributed by atoms with Crippen molar-refractivity contribution in [3.8, 4) is 0 Å². The van der Waals surface area contributed by atoms with Crippen LogP contribution in [0.3, 0.4) is 0 Å². The van der Waals surface area contributed by atoms with Crippen molar-refractivity contribution in [3.63, 3.8) is 0 Å². The average molecular weight is 417 g/mol. The molecular weight excluding hydrogens is 379 g/mol. The quantitative estimate of drug-likeness (QED) is 0.629. The minimum atomic E-state index is 0. The molecule has 0 aliphatic heterocycles. The second kappa shape index (κ2) is 28.3. The molecule has 0 amide bonds. The van der Waals surface area contributed by atoms with E-state index < -0.39 is 0 Å². The number of benzene rings is 2. The number of hydrogen-bond acceptors (Lipinski definition) is 0. The summed E-state index contributed by atoms with van der Waals surface area (Å²) in [6.07, 6.45) is 0. The summed E-state index contributed by atoms with van der Waals surface area (Å²) in [4.78, 5) is 0. The Kier molecular flexibility index (Phi) is 37.6. The molecule has 0 aliphatic rings. The second-order valence-electron chi connectivity index (χ2n) is 2.69. The van der Waals surface area contributed by atoms with E-state index in [1.807, 2.05) is 55.4 Å². The van der Waals surface area contributed by atoms with E-state index in [1.54, 1.807) is 0 Å². The lowest BCUT2D eigenvalue weighted by Gasteiger charge is -1.84. The normalized spacial score (nSPS) is 6.91. The first-order valence-electron chi connectivity index (χ1n) is 8.20. The van der Waals surface area contributed by atoms with Gasteiger partial charge in [-0.2, -0.15) is 0 Å². The van der Waals surface area contributed by atoms with E-state index >= 15 is 0 Å². The number of hydrogen-bond donors (Lipinski definition) is 0. The Labute approximate surface area is 151 Å². The van der Waals surface area contributed by atoms with Crippen molar-refractivity contribution in [1.82, 2.24) is 0 Å². The molecule has 22 heavy (non-hydrogen) atoms. The van der Waals surface area contributed by atoms with Gasteiger partial charge >= 0.3 is 21.2 Å². The average Bonchev–Trinajstić information content (AvgIpc) is 2.64. The zero-order chi connectivity index (χ0) is 16.9. The van der Waals surface area contributed by atoms with Crippen molar-refractivity contribution in [1.29, 1.82) is 0 Å². The summed E-state index contributed by atoms with van der Waals surface area (Å²) < 4.78 is 2.96. The zero-order valence-corrected chi connectivity index (χ0v) is 17.3. The summed E-state index contributed by atoms with van der Waals surface area (Å²) in [6, 6.07) is 21.4. The summed E-state index contributed by atoms with van der Waals surface area (Å²) in [6.45, 7) is 16.0. The second-order valence-corrected chi connectivity index (χ2v) is 5.72. The van der Waals surface area contributed by atoms with E-state index in [9.17, 15) is 0 Å². The SMILES string of the molecule is C.CC.CC.CC.CC.c1ccc([I+]c2ccccc2)cc1. The van der Waals surface area contributed by atoms with Gasteiger partial charge in [-0.25, -0.2) is 0 Å². The highest BCUT2D eigenvalue weighted by Crippen LogP contribution is 1.85. The van der Waals surface area contributed by atoms with Crippen molar-refractivity contribution < 1.29 is 21.2 Å². The molecule has 0 spiro atoms. The topological polar surface area (TPSA) is 0 Å². The first-order chi connectivity index (χ1) is 10.4. The molecule has 0 aromatic heterocycles. The summed E-state index contributed by atoms with van der Waals surface area (Å²) in [5, 5.41) is 0. The zero-order valence-electron chi connectivity index (χ0n) is 15.2. The van der Waals surface area contributed by atoms with Gasteiger partial charge in [0, 0.05) is 0 Å². The van der Waals surface area contributed by atoms with Crippen LogP contribution in [-0.4, -0.2) is 0 Å². The maximum absolute atomic E-state index is 2.21. The van der Waals surface area contributed by atoms with E-state index in [2.05, 4.69) is 60.7 Å². The molecule has 1 heteroatoms. The van der Waals surface area contributed by atoms with Gasteiger partial charge in [0.25, 0.3) is 0 Å². The molecule has 0 fully saturated rings. The molecule has 0 N–H and O–H groups in total. The first kappa shape index (κ1) is 29.2. The largest absolute Gasteiger partial charge is 0.357 e. The Balaban J connectivity index is -0.000000158. The molecule has 2 rings (SSSR count). The van der Waals surface area contributed by atoms with Gasteiger partial charge in [0.05, 0.1) is 0 Å². The molecular formula is C21H38I+. The Bertz CT molecular complexity index is 317. The predicted molar refractivity (Wildman–Crippen MR) is 102 cm³/mol. The third-order valence-corrected chi connectivity index (χ3v) is 4.37. The van der Waals surface area contributed by atoms with E-state index in [0.29, 0.717) is 0 Å². The molecule has 2 aromatic carbocycles. The van der Waals surface area contributed by atoms with Gasteiger partial charge in [-0.05, 0) is 24.3 Å². The Morgan fingerprint density at radius 1 is 0.455 bits per heavy atom. The molecule has 0 heterocycles. The maximum Gasteiger partial charge on any atom is 0.357 e. The predicted octanol–water partition coefficient (Wildman–Crippen LogP) is 4.56. The summed E-state index contributed by atoms with van der Waals surface area (Å²) in [5.41, 5.74) is 0. The van der Waals surface area contributed by atoms with Gasteiger partial charge in [0.2, 0.25) is 0 Å². The summed E-state index contributed by atoms with van der Waals surface area (Å²) in [5.74, 6) is 0. The van der Waals surface area contributed by atoms with Crippen molar-refractivity contribution in [2.24, 2.45) is 0 Å². The van der Waals surface area contributed by atoms with Gasteiger partial charge in [0.15, 0.2) is 7.14 Å². The molecule has 0 aliphatic carbocycles. The smallest absolute Gasteiger partial charge is 0.0776 e. The van der Waals surface area contributed by atoms with Crippen LogP contribution < -0.4 is 21.2 Å². The third kappa shape index (κ3) is 17.2. The molecule has 128 valence electrons. The van der Waals surface area contributed by atoms with Crippen LogP contribution in [0.1, 0.15) is 62.8 Å². The molecule has 2 aromatic rings. The molecule has 0 nitrogen and oxygen atoms in total. The van der Waals surface area contributed by atoms with E-state index in [0.717, 1.165) is 0 Å². The Morgan fingerprint density at radius 3 is 0.909 bits per heavy atom. The molecule has 0 saturated heterocycles. The number of halogens is 1. The van der Waals surface area contributed by atoms with Crippen LogP contribution in [0.25, 0.3) is 0 Å². The maximum atomic E-state index is 2.21. The minimum absolute atomic E-state index is 0. The van der Waals surface area contributed by atoms with Gasteiger partial charge in [-0.1, -0.05) is 99.2 Å². The fraction of sp³-hybridized carbons (Fsp3) is 0.429. The lowest BCUT2D eigenvalue weighted by Crippen LogP contribution is -3.61. The Hall–Kier alpha value is -0.830. The minimum Gasteiger partial charge on any atom is -0.0776 e. The van der Waals surface area contributed by atoms with Crippen LogP contribution in [0.4, 0.5) is 0 Å². The van der Waals surface area contributed by atoms with E-state index in [-0.39, 0.29) is 28.6 Å². The highest BCUT2D eigenvalue weighted by Gasteiger charge is 2.12. The van der Waals surface area contributed by atoms with Crippen LogP contribution in [0.5, 0.6) is 0 Å². The highest BCUT2D eigenvalue weighted by molar-refractivity contribution is 5.02. The fourth-order valence-corrected chi connectivity index (χ4v) is 3.35. The van der Waals surface area contributed by atoms with Crippen molar-refractivity contribution in [2.75, 3.05) is 0 Å². The molecule has 0 atom stereocenters. The van der Waals surface area contributed by atoms with Crippen LogP contribution in [0.15, 0.2) is 60.7 Å². The van der Waals surface area contributed by atoms with Crippen LogP contribution >= 0.6 is 0 Å². The van der Waals surface area contributed by atoms with Crippen molar-refractivity contribution in [3.05, 3.63) is 67.8 Å². The summed E-state index contributed by atoms with van der Waals surface area (Å²) >= 11 is 0.0287. The van der Waals surface area contributed by atoms with E-state index in [1.165, 1.54) is 7.14 Å². The molecule has 0 saturated carbocycles. The number of rotatable bonds is 2. The van der Waals surface area contributed by atoms with Crippen molar-refractivity contribution in [2.45, 2.75) is 62.8 Å². The van der Waals surface area contributed by atoms with Crippen LogP contribution in [-0.2, 0) is 0 Å². The summed E-state index contributed by atoms with van der Waals surface area (Å²) in [7, 11) is 0. The van der Waals surface area contributed by atoms with Crippen LogP contribution in [0.2, 0.25) is 0 Å². The van der Waals surface area contributed by atoms with Crippen molar-refractivity contribution >= 4 is 0 Å². The highest BCUT2D eigenvalue weighted by atomic mass is 127. The van der Waals surface area contributed by atoms with Crippen LogP contribution in [0, 0.1) is 7.14 Å². The lowest BCUT2D eigenvalue weighted by molar-refractivity contribution is -0.597. The fourth-order valence-electron chi connectivity index (χ4n) is 1.08. The first-order valence-corrected chi connectivity index (χ1v) is 10.4.